The molecule has 0 aliphatic carbocycles. The summed E-state index contributed by atoms with van der Waals surface area (Å²) in [5.74, 6) is 1.10. The van der Waals surface area contributed by atoms with E-state index in [1.165, 1.54) is 0 Å². The third-order valence-electron chi connectivity index (χ3n) is 9.62. The molecule has 1 fully saturated rings. The van der Waals surface area contributed by atoms with Crippen molar-refractivity contribution in [2.75, 3.05) is 33.0 Å². The van der Waals surface area contributed by atoms with Gasteiger partial charge in [-0.2, -0.15) is 0 Å². The minimum absolute atomic E-state index is 0.388. The van der Waals surface area contributed by atoms with Crippen molar-refractivity contribution in [2.24, 2.45) is 0 Å². The standard InChI is InChI=1S/C23H29BO5.C18H20BNO6/c1-22(2)23(3,4)29-24(28-22)21-19(16-25)12-8-13-20(21)27-15-9-14-26-17-18-10-6-5-7-11-18;21-19-18-15(17(26-19)12-20(22)23)8-4-9-16(18)25-11-5-10-24-13-14-6-2-1-3-7-14/h5-8,10-13,16H,9,14-15,17H2,1-4H3;1-4,6-9,17,21H,5,10-13H2. The van der Waals surface area contributed by atoms with E-state index in [4.69, 9.17) is 32.9 Å². The lowest BCUT2D eigenvalue weighted by atomic mass is 9.75. The Balaban J connectivity index is 0.000000212. The lowest BCUT2D eigenvalue weighted by Gasteiger charge is -2.32. The molecule has 1 atom stereocenters. The third kappa shape index (κ3) is 11.5. The first-order valence-electron chi connectivity index (χ1n) is 18.5. The van der Waals surface area contributed by atoms with Crippen LogP contribution >= 0.6 is 0 Å². The van der Waals surface area contributed by atoms with Crippen molar-refractivity contribution in [3.63, 3.8) is 0 Å². The molecular weight excluding hydrogens is 704 g/mol. The summed E-state index contributed by atoms with van der Waals surface area (Å²) < 4.78 is 40.6. The Kier molecular flexibility index (Phi) is 15.0. The van der Waals surface area contributed by atoms with Crippen molar-refractivity contribution in [1.29, 1.82) is 0 Å². The Morgan fingerprint density at radius 2 is 1.24 bits per heavy atom. The highest BCUT2D eigenvalue weighted by molar-refractivity contribution is 6.64. The number of carbonyl (C=O) groups is 1. The van der Waals surface area contributed by atoms with Gasteiger partial charge in [0.1, 0.15) is 23.9 Å². The van der Waals surface area contributed by atoms with Crippen LogP contribution in [0.25, 0.3) is 0 Å². The highest BCUT2D eigenvalue weighted by Crippen LogP contribution is 2.37. The van der Waals surface area contributed by atoms with E-state index in [1.807, 2.05) is 94.4 Å². The van der Waals surface area contributed by atoms with Gasteiger partial charge in [-0.3, -0.25) is 14.9 Å². The molecule has 2 aliphatic heterocycles. The molecule has 0 bridgehead atoms. The molecule has 12 nitrogen and oxygen atoms in total. The topological polar surface area (TPSA) is 145 Å². The fraction of sp³-hybridized carbons (Fsp3) is 0.390. The highest BCUT2D eigenvalue weighted by atomic mass is 16.7. The molecule has 4 aromatic rings. The summed E-state index contributed by atoms with van der Waals surface area (Å²) in [6.45, 7) is 10.7. The number of hydrogen-bond donors (Lipinski definition) is 1. The maximum Gasteiger partial charge on any atom is 0.499 e. The van der Waals surface area contributed by atoms with Crippen LogP contribution in [0, 0.1) is 10.1 Å². The van der Waals surface area contributed by atoms with Crippen LogP contribution in [0.3, 0.4) is 0 Å². The molecule has 0 saturated carbocycles. The van der Waals surface area contributed by atoms with Gasteiger partial charge in [-0.05, 0) is 56.5 Å². The molecule has 55 heavy (non-hydrogen) atoms. The summed E-state index contributed by atoms with van der Waals surface area (Å²) >= 11 is 0. The van der Waals surface area contributed by atoms with Crippen LogP contribution in [-0.2, 0) is 36.7 Å². The molecule has 0 aromatic heterocycles. The van der Waals surface area contributed by atoms with E-state index in [9.17, 15) is 19.9 Å². The smallest absolute Gasteiger partial charge is 0.494 e. The molecule has 0 radical (unpaired) electrons. The normalized spacial score (nSPS) is 16.6. The Labute approximate surface area is 323 Å². The number of benzene rings is 4. The number of nitro groups is 1. The Hall–Kier alpha value is -4.56. The number of fused-ring (bicyclic) bond motifs is 1. The fourth-order valence-electron chi connectivity index (χ4n) is 6.02. The van der Waals surface area contributed by atoms with Gasteiger partial charge in [0, 0.05) is 34.3 Å². The maximum absolute atomic E-state index is 11.6. The van der Waals surface area contributed by atoms with Gasteiger partial charge in [0.25, 0.3) is 0 Å². The average molecular weight is 753 g/mol. The van der Waals surface area contributed by atoms with Gasteiger partial charge in [0.15, 0.2) is 0 Å². The van der Waals surface area contributed by atoms with Crippen molar-refractivity contribution >= 4 is 31.4 Å². The van der Waals surface area contributed by atoms with Crippen molar-refractivity contribution in [1.82, 2.24) is 0 Å². The van der Waals surface area contributed by atoms with Gasteiger partial charge in [0.05, 0.1) is 50.8 Å². The molecular formula is C41H49B2NO11. The Morgan fingerprint density at radius 1 is 0.727 bits per heavy atom. The first kappa shape index (κ1) is 41.6. The van der Waals surface area contributed by atoms with Crippen LogP contribution in [0.1, 0.15) is 73.7 Å². The number of aldehydes is 1. The first-order valence-corrected chi connectivity index (χ1v) is 18.5. The van der Waals surface area contributed by atoms with Gasteiger partial charge < -0.3 is 37.9 Å². The summed E-state index contributed by atoms with van der Waals surface area (Å²) in [5.41, 5.74) is 3.53. The van der Waals surface area contributed by atoms with Crippen LogP contribution in [0.15, 0.2) is 97.1 Å². The number of hydrogen-bond acceptors (Lipinski definition) is 11. The molecule has 1 N–H and O–H groups in total. The lowest BCUT2D eigenvalue weighted by molar-refractivity contribution is -0.490. The van der Waals surface area contributed by atoms with E-state index in [1.54, 1.807) is 30.3 Å². The highest BCUT2D eigenvalue weighted by Gasteiger charge is 2.53. The average Bonchev–Trinajstić information content (AvgIpc) is 3.60. The molecule has 0 amide bonds. The summed E-state index contributed by atoms with van der Waals surface area (Å²) in [6.07, 6.45) is 1.48. The summed E-state index contributed by atoms with van der Waals surface area (Å²) in [4.78, 5) is 21.9. The van der Waals surface area contributed by atoms with Gasteiger partial charge in [-0.25, -0.2) is 0 Å². The van der Waals surface area contributed by atoms with Crippen LogP contribution in [0.4, 0.5) is 0 Å². The summed E-state index contributed by atoms with van der Waals surface area (Å²) in [6, 6.07) is 30.6. The molecule has 4 aromatic carbocycles. The number of nitrogens with zero attached hydrogens (tertiary/aromatic N) is 1. The Morgan fingerprint density at radius 3 is 1.75 bits per heavy atom. The second-order valence-electron chi connectivity index (χ2n) is 14.2. The first-order chi connectivity index (χ1) is 26.5. The molecule has 1 unspecified atom stereocenters. The van der Waals surface area contributed by atoms with Gasteiger partial charge in [-0.15, -0.1) is 0 Å². The van der Waals surface area contributed by atoms with Gasteiger partial charge >= 0.3 is 14.2 Å². The van der Waals surface area contributed by atoms with Gasteiger partial charge in [-0.1, -0.05) is 84.9 Å². The van der Waals surface area contributed by atoms with Crippen LogP contribution in [0.5, 0.6) is 11.5 Å². The minimum Gasteiger partial charge on any atom is -0.494 e. The predicted octanol–water partition coefficient (Wildman–Crippen LogP) is 5.49. The number of ether oxygens (including phenoxy) is 4. The Bertz CT molecular complexity index is 1810. The number of rotatable bonds is 18. The molecule has 290 valence electrons. The van der Waals surface area contributed by atoms with E-state index in [-0.39, 0.29) is 6.54 Å². The number of carbonyl (C=O) groups excluding carboxylic acids is 1. The lowest BCUT2D eigenvalue weighted by Crippen LogP contribution is -2.41. The zero-order valence-electron chi connectivity index (χ0n) is 31.9. The molecule has 2 heterocycles. The van der Waals surface area contributed by atoms with Crippen LogP contribution in [-0.4, -0.2) is 74.6 Å². The predicted molar refractivity (Wildman–Crippen MR) is 210 cm³/mol. The molecule has 1 saturated heterocycles. The van der Waals surface area contributed by atoms with E-state index in [0.29, 0.717) is 79.6 Å². The maximum atomic E-state index is 11.6. The quantitative estimate of drug-likeness (QED) is 0.0453. The molecule has 0 spiro atoms. The van der Waals surface area contributed by atoms with Crippen molar-refractivity contribution in [2.45, 2.75) is 71.1 Å². The molecule has 2 aliphatic rings. The van der Waals surface area contributed by atoms with E-state index in [0.717, 1.165) is 23.8 Å². The van der Waals surface area contributed by atoms with E-state index >= 15 is 0 Å². The largest absolute Gasteiger partial charge is 0.499 e. The summed E-state index contributed by atoms with van der Waals surface area (Å²) in [5, 5.41) is 20.8. The fourth-order valence-corrected chi connectivity index (χ4v) is 6.02. The second kappa shape index (κ2) is 19.9. The van der Waals surface area contributed by atoms with Crippen molar-refractivity contribution < 1.29 is 47.7 Å². The van der Waals surface area contributed by atoms with E-state index in [2.05, 4.69) is 0 Å². The monoisotopic (exact) mass is 753 g/mol. The van der Waals surface area contributed by atoms with E-state index < -0.39 is 36.5 Å². The third-order valence-corrected chi connectivity index (χ3v) is 9.62. The zero-order chi connectivity index (χ0) is 39.3. The van der Waals surface area contributed by atoms with Crippen molar-refractivity contribution in [3.8, 4) is 11.5 Å². The van der Waals surface area contributed by atoms with Gasteiger partial charge in [0.2, 0.25) is 6.54 Å². The van der Waals surface area contributed by atoms with Crippen LogP contribution in [0.2, 0.25) is 0 Å². The molecule has 6 rings (SSSR count). The SMILES string of the molecule is CC1(C)OB(c2c(C=O)cccc2OCCCOCc2ccccc2)OC1(C)C.O=[N+]([O-])CC1OB(O)c2c(OCCCOCc3ccccc3)cccc21. The van der Waals surface area contributed by atoms with Crippen molar-refractivity contribution in [3.05, 3.63) is 129 Å². The molecule has 14 heteroatoms. The minimum atomic E-state index is -1.21. The van der Waals surface area contributed by atoms with Crippen LogP contribution < -0.4 is 20.4 Å². The zero-order valence-corrected chi connectivity index (χ0v) is 31.9. The second-order valence-corrected chi connectivity index (χ2v) is 14.2. The summed E-state index contributed by atoms with van der Waals surface area (Å²) in [7, 11) is -1.86.